The van der Waals surface area contributed by atoms with E-state index in [0.29, 0.717) is 36.8 Å². The Morgan fingerprint density at radius 3 is 3.08 bits per heavy atom. The summed E-state index contributed by atoms with van der Waals surface area (Å²) in [5.74, 6) is 1.15. The number of aromatic nitrogens is 4. The Morgan fingerprint density at radius 1 is 1.35 bits per heavy atom. The maximum atomic E-state index is 12.9. The number of morpholine rings is 1. The van der Waals surface area contributed by atoms with Crippen molar-refractivity contribution in [2.75, 3.05) is 26.8 Å². The van der Waals surface area contributed by atoms with Gasteiger partial charge < -0.3 is 14.4 Å². The molecule has 3 aromatic rings. The predicted octanol–water partition coefficient (Wildman–Crippen LogP) is 1.66. The van der Waals surface area contributed by atoms with Gasteiger partial charge in [0.15, 0.2) is 0 Å². The van der Waals surface area contributed by atoms with Gasteiger partial charge in [0, 0.05) is 17.8 Å². The zero-order valence-corrected chi connectivity index (χ0v) is 14.6. The number of benzene rings is 1. The molecule has 1 saturated heterocycles. The smallest absolute Gasteiger partial charge is 0.254 e. The lowest BCUT2D eigenvalue weighted by atomic mass is 10.1. The van der Waals surface area contributed by atoms with E-state index in [2.05, 4.69) is 15.1 Å². The lowest BCUT2D eigenvalue weighted by molar-refractivity contribution is -0.0257. The first-order chi connectivity index (χ1) is 12.7. The number of aryl methyl sites for hydroxylation is 1. The molecule has 0 saturated carbocycles. The van der Waals surface area contributed by atoms with Crippen LogP contribution in [0.1, 0.15) is 27.8 Å². The molecule has 0 bridgehead atoms. The van der Waals surface area contributed by atoms with E-state index in [-0.39, 0.29) is 12.0 Å². The van der Waals surface area contributed by atoms with Gasteiger partial charge in [-0.15, -0.1) is 0 Å². The summed E-state index contributed by atoms with van der Waals surface area (Å²) in [5, 5.41) is 4.23. The topological polar surface area (TPSA) is 81.8 Å². The second-order valence-electron chi connectivity index (χ2n) is 6.14. The first-order valence-corrected chi connectivity index (χ1v) is 8.38. The molecule has 4 rings (SSSR count). The minimum atomic E-state index is -0.288. The molecule has 134 valence electrons. The predicted molar refractivity (Wildman–Crippen MR) is 93.1 cm³/mol. The Labute approximate surface area is 150 Å². The second kappa shape index (κ2) is 6.72. The number of fused-ring (bicyclic) bond motifs is 1. The Kier molecular flexibility index (Phi) is 4.26. The highest BCUT2D eigenvalue weighted by molar-refractivity contribution is 5.94. The second-order valence-corrected chi connectivity index (χ2v) is 6.14. The quantitative estimate of drug-likeness (QED) is 0.712. The average Bonchev–Trinajstić information content (AvgIpc) is 3.15. The number of rotatable bonds is 3. The number of ether oxygens (including phenoxy) is 2. The van der Waals surface area contributed by atoms with Crippen LogP contribution in [0.2, 0.25) is 0 Å². The fourth-order valence-electron chi connectivity index (χ4n) is 3.14. The van der Waals surface area contributed by atoms with Crippen molar-refractivity contribution in [1.82, 2.24) is 24.5 Å². The van der Waals surface area contributed by atoms with Gasteiger partial charge in [0.1, 0.15) is 18.2 Å². The largest absolute Gasteiger partial charge is 0.497 e. The van der Waals surface area contributed by atoms with Gasteiger partial charge >= 0.3 is 0 Å². The van der Waals surface area contributed by atoms with E-state index in [1.165, 1.54) is 6.33 Å². The van der Waals surface area contributed by atoms with Gasteiger partial charge in [0.05, 0.1) is 26.0 Å². The average molecular weight is 353 g/mol. The maximum Gasteiger partial charge on any atom is 0.254 e. The molecule has 0 spiro atoms. The molecule has 1 aliphatic heterocycles. The standard InChI is InChI=1S/C18H19N5O3/c1-12-8-15(23-18(21-12)19-11-20-23)16-10-22(6-7-26-16)17(24)13-4-3-5-14(9-13)25-2/h3-5,8-9,11,16H,6-7,10H2,1-2H3. The minimum absolute atomic E-state index is 0.0437. The number of carbonyl (C=O) groups is 1. The van der Waals surface area contributed by atoms with Gasteiger partial charge in [0.2, 0.25) is 0 Å². The Bertz CT molecular complexity index is 955. The molecule has 3 heterocycles. The molecule has 2 aromatic heterocycles. The van der Waals surface area contributed by atoms with E-state index in [1.807, 2.05) is 25.1 Å². The van der Waals surface area contributed by atoms with Gasteiger partial charge in [-0.2, -0.15) is 14.6 Å². The highest BCUT2D eigenvalue weighted by Gasteiger charge is 2.28. The summed E-state index contributed by atoms with van der Waals surface area (Å²) >= 11 is 0. The van der Waals surface area contributed by atoms with Gasteiger partial charge in [-0.1, -0.05) is 6.07 Å². The third kappa shape index (κ3) is 2.99. The molecule has 1 atom stereocenters. The van der Waals surface area contributed by atoms with Crippen molar-refractivity contribution in [2.45, 2.75) is 13.0 Å². The van der Waals surface area contributed by atoms with Crippen molar-refractivity contribution in [2.24, 2.45) is 0 Å². The lowest BCUT2D eigenvalue weighted by Gasteiger charge is -2.33. The summed E-state index contributed by atoms with van der Waals surface area (Å²) in [4.78, 5) is 23.2. The number of hydrogen-bond acceptors (Lipinski definition) is 6. The van der Waals surface area contributed by atoms with E-state index < -0.39 is 0 Å². The minimum Gasteiger partial charge on any atom is -0.497 e. The number of amides is 1. The SMILES string of the molecule is COc1cccc(C(=O)N2CCOC(c3cc(C)nc4ncnn34)C2)c1. The van der Waals surface area contributed by atoms with Crippen molar-refractivity contribution >= 4 is 11.7 Å². The van der Waals surface area contributed by atoms with Crippen LogP contribution in [0.15, 0.2) is 36.7 Å². The first-order valence-electron chi connectivity index (χ1n) is 8.38. The van der Waals surface area contributed by atoms with Crippen LogP contribution in [0.25, 0.3) is 5.78 Å². The molecule has 0 radical (unpaired) electrons. The Morgan fingerprint density at radius 2 is 2.23 bits per heavy atom. The summed E-state index contributed by atoms with van der Waals surface area (Å²) in [7, 11) is 1.59. The third-order valence-electron chi connectivity index (χ3n) is 4.41. The van der Waals surface area contributed by atoms with Crippen LogP contribution < -0.4 is 4.74 Å². The number of nitrogens with zero attached hydrogens (tertiary/aromatic N) is 5. The Balaban J connectivity index is 1.61. The van der Waals surface area contributed by atoms with Gasteiger partial charge in [0.25, 0.3) is 11.7 Å². The van der Waals surface area contributed by atoms with E-state index >= 15 is 0 Å². The number of hydrogen-bond donors (Lipinski definition) is 0. The highest BCUT2D eigenvalue weighted by atomic mass is 16.5. The van der Waals surface area contributed by atoms with Crippen molar-refractivity contribution in [3.05, 3.63) is 53.6 Å². The molecule has 1 unspecified atom stereocenters. The van der Waals surface area contributed by atoms with E-state index in [4.69, 9.17) is 9.47 Å². The monoisotopic (exact) mass is 353 g/mol. The van der Waals surface area contributed by atoms with Crippen molar-refractivity contribution in [3.8, 4) is 5.75 Å². The fraction of sp³-hybridized carbons (Fsp3) is 0.333. The number of methoxy groups -OCH3 is 1. The van der Waals surface area contributed by atoms with Crippen molar-refractivity contribution in [3.63, 3.8) is 0 Å². The summed E-state index contributed by atoms with van der Waals surface area (Å²) in [5.41, 5.74) is 2.27. The molecule has 0 aliphatic carbocycles. The molecule has 0 N–H and O–H groups in total. The molecular formula is C18H19N5O3. The van der Waals surface area contributed by atoms with Crippen LogP contribution in [-0.4, -0.2) is 57.2 Å². The van der Waals surface area contributed by atoms with Crippen LogP contribution in [-0.2, 0) is 4.74 Å². The maximum absolute atomic E-state index is 12.9. The molecule has 1 fully saturated rings. The zero-order valence-electron chi connectivity index (χ0n) is 14.6. The van der Waals surface area contributed by atoms with Crippen molar-refractivity contribution < 1.29 is 14.3 Å². The van der Waals surface area contributed by atoms with E-state index in [9.17, 15) is 4.79 Å². The first kappa shape index (κ1) is 16.5. The zero-order chi connectivity index (χ0) is 18.1. The van der Waals surface area contributed by atoms with E-state index in [0.717, 1.165) is 11.4 Å². The summed E-state index contributed by atoms with van der Waals surface area (Å²) in [6.07, 6.45) is 1.18. The summed E-state index contributed by atoms with van der Waals surface area (Å²) in [6, 6.07) is 9.10. The van der Waals surface area contributed by atoms with Crippen LogP contribution >= 0.6 is 0 Å². The molecule has 26 heavy (non-hydrogen) atoms. The van der Waals surface area contributed by atoms with Gasteiger partial charge in [-0.3, -0.25) is 4.79 Å². The molecule has 1 aromatic carbocycles. The van der Waals surface area contributed by atoms with Crippen LogP contribution in [0.5, 0.6) is 5.75 Å². The van der Waals surface area contributed by atoms with Crippen LogP contribution in [0.3, 0.4) is 0 Å². The highest BCUT2D eigenvalue weighted by Crippen LogP contribution is 2.24. The fourth-order valence-corrected chi connectivity index (χ4v) is 3.14. The Hall–Kier alpha value is -3.00. The normalized spacial score (nSPS) is 17.5. The molecular weight excluding hydrogens is 334 g/mol. The summed E-state index contributed by atoms with van der Waals surface area (Å²) < 4.78 is 12.8. The van der Waals surface area contributed by atoms with Gasteiger partial charge in [-0.05, 0) is 31.2 Å². The molecule has 8 nitrogen and oxygen atoms in total. The third-order valence-corrected chi connectivity index (χ3v) is 4.41. The molecule has 1 aliphatic rings. The van der Waals surface area contributed by atoms with Crippen molar-refractivity contribution in [1.29, 1.82) is 0 Å². The van der Waals surface area contributed by atoms with Gasteiger partial charge in [-0.25, -0.2) is 4.98 Å². The molecule has 8 heteroatoms. The van der Waals surface area contributed by atoms with Crippen LogP contribution in [0.4, 0.5) is 0 Å². The summed E-state index contributed by atoms with van der Waals surface area (Å²) in [6.45, 7) is 3.34. The van der Waals surface area contributed by atoms with E-state index in [1.54, 1.807) is 28.7 Å². The number of carbonyl (C=O) groups excluding carboxylic acids is 1. The molecule has 1 amide bonds. The lowest BCUT2D eigenvalue weighted by Crippen LogP contribution is -2.42. The van der Waals surface area contributed by atoms with Crippen LogP contribution in [0, 0.1) is 6.92 Å².